The first-order valence-corrected chi connectivity index (χ1v) is 7.35. The molecule has 0 saturated carbocycles. The predicted octanol–water partition coefficient (Wildman–Crippen LogP) is 1.18. The molecule has 1 aromatic heterocycles. The number of nitrogens with zero attached hydrogens (tertiary/aromatic N) is 3. The molecule has 5 nitrogen and oxygen atoms in total. The summed E-state index contributed by atoms with van der Waals surface area (Å²) in [5.74, 6) is 2.73. The molecule has 1 N–H and O–H groups in total. The summed E-state index contributed by atoms with van der Waals surface area (Å²) in [6.07, 6.45) is 3.41. The van der Waals surface area contributed by atoms with E-state index in [-0.39, 0.29) is 0 Å². The largest absolute Gasteiger partial charge is 0.381 e. The van der Waals surface area contributed by atoms with Crippen LogP contribution in [0.25, 0.3) is 0 Å². The fourth-order valence-corrected chi connectivity index (χ4v) is 3.10. The lowest BCUT2D eigenvalue weighted by molar-refractivity contribution is 0.0835. The van der Waals surface area contributed by atoms with Gasteiger partial charge in [-0.3, -0.25) is 0 Å². The molecule has 5 heteroatoms. The van der Waals surface area contributed by atoms with Crippen LogP contribution in [0.5, 0.6) is 0 Å². The molecular formula is C14H20N4O. The summed E-state index contributed by atoms with van der Waals surface area (Å²) in [7, 11) is 0. The maximum Gasteiger partial charge on any atom is 0.137 e. The van der Waals surface area contributed by atoms with Gasteiger partial charge in [-0.05, 0) is 19.3 Å². The first kappa shape index (κ1) is 11.6. The van der Waals surface area contributed by atoms with Crippen LogP contribution in [-0.4, -0.2) is 36.3 Å². The highest BCUT2D eigenvalue weighted by molar-refractivity contribution is 5.52. The first-order valence-electron chi connectivity index (χ1n) is 7.35. The van der Waals surface area contributed by atoms with Crippen molar-refractivity contribution in [1.29, 1.82) is 0 Å². The molecule has 0 aliphatic carbocycles. The summed E-state index contributed by atoms with van der Waals surface area (Å²) in [6, 6.07) is 0. The first-order chi connectivity index (χ1) is 9.42. The van der Waals surface area contributed by atoms with E-state index in [2.05, 4.69) is 10.2 Å². The average molecular weight is 260 g/mol. The Hall–Kier alpha value is -1.20. The molecular weight excluding hydrogens is 240 g/mol. The molecule has 0 amide bonds. The Kier molecular flexibility index (Phi) is 2.89. The molecule has 2 fully saturated rings. The molecule has 1 aromatic rings. The van der Waals surface area contributed by atoms with E-state index < -0.39 is 0 Å². The van der Waals surface area contributed by atoms with Gasteiger partial charge in [0.2, 0.25) is 0 Å². The summed E-state index contributed by atoms with van der Waals surface area (Å²) in [5.41, 5.74) is 2.55. The summed E-state index contributed by atoms with van der Waals surface area (Å²) in [4.78, 5) is 12.1. The minimum atomic E-state index is 0.486. The van der Waals surface area contributed by atoms with Crippen LogP contribution >= 0.6 is 0 Å². The maximum absolute atomic E-state index is 5.45. The fourth-order valence-electron chi connectivity index (χ4n) is 3.10. The number of rotatable bonds is 2. The standard InChI is InChI=1S/C14H20N4O/c1-4-18(5-1)14-11-8-15-9-12(11)16-13(17-14)10-2-6-19-7-3-10/h10,15H,1-9H2. The van der Waals surface area contributed by atoms with Crippen LogP contribution in [-0.2, 0) is 17.8 Å². The van der Waals surface area contributed by atoms with E-state index in [4.69, 9.17) is 14.7 Å². The van der Waals surface area contributed by atoms with Crippen molar-refractivity contribution in [3.05, 3.63) is 17.1 Å². The Morgan fingerprint density at radius 1 is 1.11 bits per heavy atom. The van der Waals surface area contributed by atoms with Gasteiger partial charge in [-0.15, -0.1) is 0 Å². The van der Waals surface area contributed by atoms with Crippen LogP contribution in [0, 0.1) is 0 Å². The SMILES string of the molecule is C1CN(c2nc(C3CCOCC3)nc3c2CNC3)C1. The van der Waals surface area contributed by atoms with Crippen molar-refractivity contribution in [2.75, 3.05) is 31.2 Å². The summed E-state index contributed by atoms with van der Waals surface area (Å²) in [5, 5.41) is 3.41. The van der Waals surface area contributed by atoms with Gasteiger partial charge in [0.05, 0.1) is 5.69 Å². The lowest BCUT2D eigenvalue weighted by atomic mass is 9.99. The van der Waals surface area contributed by atoms with Gasteiger partial charge >= 0.3 is 0 Å². The number of nitrogens with one attached hydrogen (secondary N) is 1. The molecule has 0 bridgehead atoms. The van der Waals surface area contributed by atoms with Crippen molar-refractivity contribution < 1.29 is 4.74 Å². The van der Waals surface area contributed by atoms with E-state index in [0.717, 1.165) is 58.1 Å². The van der Waals surface area contributed by atoms with E-state index in [9.17, 15) is 0 Å². The molecule has 0 spiro atoms. The summed E-state index contributed by atoms with van der Waals surface area (Å²) in [6.45, 7) is 5.82. The van der Waals surface area contributed by atoms with E-state index in [1.807, 2.05) is 0 Å². The highest BCUT2D eigenvalue weighted by atomic mass is 16.5. The molecule has 4 rings (SSSR count). The second-order valence-electron chi connectivity index (χ2n) is 5.66. The second-order valence-corrected chi connectivity index (χ2v) is 5.66. The van der Waals surface area contributed by atoms with Crippen molar-refractivity contribution in [3.63, 3.8) is 0 Å². The number of anilines is 1. The van der Waals surface area contributed by atoms with Crippen LogP contribution in [0.2, 0.25) is 0 Å². The number of fused-ring (bicyclic) bond motifs is 1. The zero-order valence-electron chi connectivity index (χ0n) is 11.2. The third-order valence-electron chi connectivity index (χ3n) is 4.42. The normalized spacial score (nSPS) is 23.3. The molecule has 19 heavy (non-hydrogen) atoms. The average Bonchev–Trinajstić information content (AvgIpc) is 2.86. The fraction of sp³-hybridized carbons (Fsp3) is 0.714. The molecule has 0 unspecified atom stereocenters. The van der Waals surface area contributed by atoms with Crippen molar-refractivity contribution in [2.45, 2.75) is 38.3 Å². The Morgan fingerprint density at radius 2 is 1.95 bits per heavy atom. The molecule has 2 saturated heterocycles. The maximum atomic E-state index is 5.45. The van der Waals surface area contributed by atoms with Gasteiger partial charge in [-0.1, -0.05) is 0 Å². The van der Waals surface area contributed by atoms with Crippen LogP contribution < -0.4 is 10.2 Å². The monoisotopic (exact) mass is 260 g/mol. The van der Waals surface area contributed by atoms with E-state index >= 15 is 0 Å². The van der Waals surface area contributed by atoms with Crippen molar-refractivity contribution in [1.82, 2.24) is 15.3 Å². The van der Waals surface area contributed by atoms with Gasteiger partial charge in [0.15, 0.2) is 0 Å². The van der Waals surface area contributed by atoms with E-state index in [0.29, 0.717) is 5.92 Å². The number of aromatic nitrogens is 2. The molecule has 4 heterocycles. The van der Waals surface area contributed by atoms with Gasteiger partial charge in [-0.25, -0.2) is 9.97 Å². The minimum absolute atomic E-state index is 0.486. The zero-order valence-corrected chi connectivity index (χ0v) is 11.2. The third kappa shape index (κ3) is 2.01. The molecule has 0 radical (unpaired) electrons. The van der Waals surface area contributed by atoms with Crippen LogP contribution in [0.1, 0.15) is 42.3 Å². The summed E-state index contributed by atoms with van der Waals surface area (Å²) >= 11 is 0. The van der Waals surface area contributed by atoms with Gasteiger partial charge in [0.25, 0.3) is 0 Å². The predicted molar refractivity (Wildman–Crippen MR) is 72.2 cm³/mol. The van der Waals surface area contributed by atoms with E-state index in [1.165, 1.54) is 23.5 Å². The van der Waals surface area contributed by atoms with Crippen molar-refractivity contribution >= 4 is 5.82 Å². The van der Waals surface area contributed by atoms with Crippen LogP contribution in [0.4, 0.5) is 5.82 Å². The van der Waals surface area contributed by atoms with Gasteiger partial charge in [0.1, 0.15) is 11.6 Å². The second kappa shape index (κ2) is 4.72. The summed E-state index contributed by atoms with van der Waals surface area (Å²) < 4.78 is 5.45. The van der Waals surface area contributed by atoms with Crippen molar-refractivity contribution in [3.8, 4) is 0 Å². The van der Waals surface area contributed by atoms with Crippen LogP contribution in [0.15, 0.2) is 0 Å². The molecule has 0 atom stereocenters. The molecule has 3 aliphatic heterocycles. The quantitative estimate of drug-likeness (QED) is 0.865. The van der Waals surface area contributed by atoms with Gasteiger partial charge < -0.3 is 15.0 Å². The Balaban J connectivity index is 1.71. The number of ether oxygens (including phenoxy) is 1. The lowest BCUT2D eigenvalue weighted by Gasteiger charge is -2.34. The number of hydrogen-bond donors (Lipinski definition) is 1. The van der Waals surface area contributed by atoms with Crippen molar-refractivity contribution in [2.24, 2.45) is 0 Å². The zero-order chi connectivity index (χ0) is 12.7. The van der Waals surface area contributed by atoms with E-state index in [1.54, 1.807) is 0 Å². The molecule has 3 aliphatic rings. The highest BCUT2D eigenvalue weighted by Gasteiger charge is 2.28. The van der Waals surface area contributed by atoms with Crippen LogP contribution in [0.3, 0.4) is 0 Å². The molecule has 0 aromatic carbocycles. The number of hydrogen-bond acceptors (Lipinski definition) is 5. The van der Waals surface area contributed by atoms with Gasteiger partial charge in [-0.2, -0.15) is 0 Å². The lowest BCUT2D eigenvalue weighted by Crippen LogP contribution is -2.39. The Labute approximate surface area is 113 Å². The molecule has 102 valence electrons. The topological polar surface area (TPSA) is 50.3 Å². The van der Waals surface area contributed by atoms with Gasteiger partial charge in [0, 0.05) is 50.9 Å². The Morgan fingerprint density at radius 3 is 2.68 bits per heavy atom. The minimum Gasteiger partial charge on any atom is -0.381 e. The Bertz CT molecular complexity index is 481. The third-order valence-corrected chi connectivity index (χ3v) is 4.42. The highest BCUT2D eigenvalue weighted by Crippen LogP contribution is 2.32. The smallest absolute Gasteiger partial charge is 0.137 e.